The molecule has 296 valence electrons. The van der Waals surface area contributed by atoms with Crippen LogP contribution in [0.2, 0.25) is 5.02 Å². The highest BCUT2D eigenvalue weighted by atomic mass is 35.5. The number of ether oxygens (including phenoxy) is 1. The van der Waals surface area contributed by atoms with Crippen LogP contribution in [0.1, 0.15) is 29.9 Å². The zero-order chi connectivity index (χ0) is 41.2. The Bertz CT molecular complexity index is 2580. The number of rotatable bonds is 8. The summed E-state index contributed by atoms with van der Waals surface area (Å²) >= 11 is 6.43. The highest BCUT2D eigenvalue weighted by Crippen LogP contribution is 2.65. The number of halogens is 1. The van der Waals surface area contributed by atoms with Crippen molar-refractivity contribution in [2.75, 3.05) is 35.9 Å². The minimum absolute atomic E-state index is 0.0839. The number of hydrogen-bond acceptors (Lipinski definition) is 9. The average Bonchev–Trinajstić information content (AvgIpc) is 3.64. The third-order valence-corrected chi connectivity index (χ3v) is 12.7. The van der Waals surface area contributed by atoms with Crippen molar-refractivity contribution in [2.24, 2.45) is 33.9 Å². The summed E-state index contributed by atoms with van der Waals surface area (Å²) in [6.07, 6.45) is 2.41. The second kappa shape index (κ2) is 14.7. The fourth-order valence-electron chi connectivity index (χ4n) is 9.85. The van der Waals surface area contributed by atoms with Crippen LogP contribution < -0.4 is 19.4 Å². The zero-order valence-corrected chi connectivity index (χ0v) is 33.3. The van der Waals surface area contributed by atoms with Crippen LogP contribution in [-0.2, 0) is 24.6 Å². The number of fused-ring (bicyclic) bond motifs is 4. The Labute approximate surface area is 346 Å². The number of phenolic OH excluding ortho intramolecular Hbond substituents is 1. The molecule has 2 aliphatic heterocycles. The number of aromatic hydroxyl groups is 1. The Morgan fingerprint density at radius 3 is 2.10 bits per heavy atom. The molecule has 4 aliphatic rings. The first-order valence-corrected chi connectivity index (χ1v) is 19.8. The summed E-state index contributed by atoms with van der Waals surface area (Å²) in [6, 6.07) is 35.4. The van der Waals surface area contributed by atoms with Gasteiger partial charge in [0.25, 0.3) is 0 Å². The zero-order valence-electron chi connectivity index (χ0n) is 32.5. The lowest BCUT2D eigenvalue weighted by atomic mass is 9.49. The van der Waals surface area contributed by atoms with E-state index in [1.807, 2.05) is 79.7 Å². The number of phenols is 1. The van der Waals surface area contributed by atoms with Crippen molar-refractivity contribution in [3.8, 4) is 11.5 Å². The molecule has 9 rings (SSSR count). The second-order valence-corrected chi connectivity index (χ2v) is 16.1. The van der Waals surface area contributed by atoms with E-state index in [-0.39, 0.29) is 36.2 Å². The number of methoxy groups -OCH3 is 1. The standard InChI is InChI=1S/C47H40ClN5O6/c1-51(2)32-17-13-30(14-18-32)49-50-31-15-19-33(20-16-31)52-43(55)36-22-21-35-37(41(36)45(52)57)26-38-44(56)53(34-11-7-10-29(48)25-34)46(58)47(38,28-8-5-4-6-9-28)42(35)27-12-23-39(54)40(24-27)59-3/h4-21,23-25,36-38,41-42,54H,22,26H2,1-3H3. The molecule has 12 heteroatoms. The number of azo groups is 1. The van der Waals surface area contributed by atoms with Crippen LogP contribution >= 0.6 is 11.6 Å². The number of allylic oxidation sites excluding steroid dienone is 2. The average molecular weight is 806 g/mol. The molecule has 0 radical (unpaired) electrons. The van der Waals surface area contributed by atoms with Crippen molar-refractivity contribution in [1.82, 2.24) is 0 Å². The topological polar surface area (TPSA) is 132 Å². The molecule has 11 nitrogen and oxygen atoms in total. The van der Waals surface area contributed by atoms with Crippen molar-refractivity contribution in [2.45, 2.75) is 24.2 Å². The molecule has 2 heterocycles. The van der Waals surface area contributed by atoms with Gasteiger partial charge in [-0.25, -0.2) is 4.90 Å². The molecule has 5 aromatic rings. The number of nitrogens with zero attached hydrogens (tertiary/aromatic N) is 5. The third-order valence-electron chi connectivity index (χ3n) is 12.5. The molecule has 0 bridgehead atoms. The van der Waals surface area contributed by atoms with Crippen molar-refractivity contribution in [3.05, 3.63) is 149 Å². The highest BCUT2D eigenvalue weighted by molar-refractivity contribution is 6.32. The first-order valence-electron chi connectivity index (χ1n) is 19.5. The summed E-state index contributed by atoms with van der Waals surface area (Å²) in [6.45, 7) is 0. The molecular weight excluding hydrogens is 766 g/mol. The van der Waals surface area contributed by atoms with Crippen LogP contribution in [0.4, 0.5) is 28.4 Å². The molecule has 5 aromatic carbocycles. The summed E-state index contributed by atoms with van der Waals surface area (Å²) < 4.78 is 5.57. The van der Waals surface area contributed by atoms with Gasteiger partial charge in [0.15, 0.2) is 11.5 Å². The first-order chi connectivity index (χ1) is 28.5. The van der Waals surface area contributed by atoms with E-state index in [0.717, 1.165) is 11.3 Å². The summed E-state index contributed by atoms with van der Waals surface area (Å²) in [5.74, 6) is -5.11. The monoisotopic (exact) mass is 805 g/mol. The van der Waals surface area contributed by atoms with Gasteiger partial charge < -0.3 is 14.7 Å². The normalized spacial score (nSPS) is 24.9. The van der Waals surface area contributed by atoms with Gasteiger partial charge in [0.05, 0.1) is 53.0 Å². The minimum Gasteiger partial charge on any atom is -0.504 e. The van der Waals surface area contributed by atoms with E-state index in [1.165, 1.54) is 23.0 Å². The van der Waals surface area contributed by atoms with Gasteiger partial charge in [0, 0.05) is 30.7 Å². The van der Waals surface area contributed by atoms with Gasteiger partial charge in [0.2, 0.25) is 23.6 Å². The smallest absolute Gasteiger partial charge is 0.246 e. The van der Waals surface area contributed by atoms with E-state index < -0.39 is 46.8 Å². The predicted molar refractivity (Wildman–Crippen MR) is 225 cm³/mol. The van der Waals surface area contributed by atoms with Crippen molar-refractivity contribution in [1.29, 1.82) is 0 Å². The molecule has 6 atom stereocenters. The molecule has 1 saturated carbocycles. The lowest BCUT2D eigenvalue weighted by molar-refractivity contribution is -0.127. The summed E-state index contributed by atoms with van der Waals surface area (Å²) in [7, 11) is 5.38. The maximum atomic E-state index is 15.4. The van der Waals surface area contributed by atoms with E-state index in [4.69, 9.17) is 16.3 Å². The van der Waals surface area contributed by atoms with Gasteiger partial charge in [-0.05, 0) is 109 Å². The predicted octanol–water partition coefficient (Wildman–Crippen LogP) is 8.90. The van der Waals surface area contributed by atoms with Gasteiger partial charge in [-0.3, -0.25) is 24.1 Å². The Balaban J connectivity index is 1.12. The number of hydrogen-bond donors (Lipinski definition) is 1. The molecule has 1 N–H and O–H groups in total. The molecule has 0 spiro atoms. The molecule has 6 unspecified atom stereocenters. The second-order valence-electron chi connectivity index (χ2n) is 15.7. The van der Waals surface area contributed by atoms with E-state index in [1.54, 1.807) is 60.7 Å². The SMILES string of the molecule is COc1cc(C2C3=CCC4C(=O)N(c5ccc(N=Nc6ccc(N(C)C)cc6)cc5)C(=O)C4C3CC3C(=O)N(c4cccc(Cl)c4)C(=O)C32c2ccccc2)ccc1O. The number of anilines is 3. The third kappa shape index (κ3) is 6.02. The highest BCUT2D eigenvalue weighted by Gasteiger charge is 2.70. The molecule has 2 saturated heterocycles. The maximum absolute atomic E-state index is 15.4. The van der Waals surface area contributed by atoms with E-state index in [9.17, 15) is 14.7 Å². The first kappa shape index (κ1) is 38.0. The fraction of sp³-hybridized carbons (Fsp3) is 0.234. The van der Waals surface area contributed by atoms with Crippen LogP contribution in [0.25, 0.3) is 0 Å². The maximum Gasteiger partial charge on any atom is 0.246 e. The quantitative estimate of drug-likeness (QED) is 0.0941. The van der Waals surface area contributed by atoms with Crippen LogP contribution in [0, 0.1) is 23.7 Å². The minimum atomic E-state index is -1.46. The lowest BCUT2D eigenvalue weighted by Gasteiger charge is -2.50. The molecular formula is C47H40ClN5O6. The van der Waals surface area contributed by atoms with E-state index in [0.29, 0.717) is 38.9 Å². The number of benzene rings is 5. The lowest BCUT2D eigenvalue weighted by Crippen LogP contribution is -2.53. The van der Waals surface area contributed by atoms with Crippen molar-refractivity contribution in [3.63, 3.8) is 0 Å². The molecule has 4 amide bonds. The van der Waals surface area contributed by atoms with Crippen LogP contribution in [0.5, 0.6) is 11.5 Å². The van der Waals surface area contributed by atoms with Crippen LogP contribution in [-0.4, -0.2) is 49.9 Å². The van der Waals surface area contributed by atoms with E-state index >= 15 is 9.59 Å². The largest absolute Gasteiger partial charge is 0.504 e. The van der Waals surface area contributed by atoms with Gasteiger partial charge in [-0.1, -0.05) is 65.7 Å². The molecule has 59 heavy (non-hydrogen) atoms. The van der Waals surface area contributed by atoms with Crippen LogP contribution in [0.3, 0.4) is 0 Å². The Hall–Kier alpha value is -6.59. The summed E-state index contributed by atoms with van der Waals surface area (Å²) in [4.78, 5) is 64.0. The summed E-state index contributed by atoms with van der Waals surface area (Å²) in [5, 5.41) is 19.8. The number of amides is 4. The Morgan fingerprint density at radius 1 is 0.746 bits per heavy atom. The summed E-state index contributed by atoms with van der Waals surface area (Å²) in [5.41, 5.74) is 3.65. The van der Waals surface area contributed by atoms with Gasteiger partial charge in [-0.2, -0.15) is 10.2 Å². The molecule has 0 aromatic heterocycles. The van der Waals surface area contributed by atoms with Gasteiger partial charge >= 0.3 is 0 Å². The van der Waals surface area contributed by atoms with E-state index in [2.05, 4.69) is 10.2 Å². The Morgan fingerprint density at radius 2 is 1.44 bits per heavy atom. The van der Waals surface area contributed by atoms with Gasteiger partial charge in [-0.15, -0.1) is 0 Å². The van der Waals surface area contributed by atoms with Gasteiger partial charge in [0.1, 0.15) is 0 Å². The fourth-order valence-corrected chi connectivity index (χ4v) is 10.0. The molecule has 2 aliphatic carbocycles. The number of imide groups is 2. The molecule has 3 fully saturated rings. The Kier molecular flexibility index (Phi) is 9.43. The van der Waals surface area contributed by atoms with Crippen molar-refractivity contribution < 1.29 is 29.0 Å². The van der Waals surface area contributed by atoms with Crippen molar-refractivity contribution >= 4 is 63.7 Å². The number of carbonyl (C=O) groups is 4. The van der Waals surface area contributed by atoms with Crippen LogP contribution in [0.15, 0.2) is 143 Å². The number of carbonyl (C=O) groups excluding carboxylic acids is 4.